The van der Waals surface area contributed by atoms with Crippen LogP contribution in [0.1, 0.15) is 15.9 Å². The van der Waals surface area contributed by atoms with Crippen LogP contribution in [0, 0.1) is 10.1 Å². The average molecular weight is 468 g/mol. The smallest absolute Gasteiger partial charge is 0.269 e. The molecular formula is C27H25N5O3. The molecule has 0 bridgehead atoms. The molecule has 0 spiro atoms. The Balaban J connectivity index is 1.38. The van der Waals surface area contributed by atoms with E-state index in [4.69, 9.17) is 0 Å². The van der Waals surface area contributed by atoms with Gasteiger partial charge in [-0.05, 0) is 23.8 Å². The molecular weight excluding hydrogens is 442 g/mol. The minimum absolute atomic E-state index is 0.0528. The third kappa shape index (κ3) is 4.97. The molecule has 4 aromatic rings. The molecule has 1 saturated heterocycles. The number of carbonyl (C=O) groups is 1. The van der Waals surface area contributed by atoms with Crippen molar-refractivity contribution >= 4 is 33.9 Å². The summed E-state index contributed by atoms with van der Waals surface area (Å²) in [6.07, 6.45) is 1.69. The fraction of sp³-hybridized carbons (Fsp3) is 0.185. The van der Waals surface area contributed by atoms with Gasteiger partial charge in [0.25, 0.3) is 11.6 Å². The molecule has 8 heteroatoms. The highest BCUT2D eigenvalue weighted by molar-refractivity contribution is 6.09. The molecule has 1 fully saturated rings. The Morgan fingerprint density at radius 2 is 1.60 bits per heavy atom. The molecule has 0 saturated carbocycles. The number of nitro benzene ring substituents is 1. The lowest BCUT2D eigenvalue weighted by Gasteiger charge is -2.37. The van der Waals surface area contributed by atoms with Crippen molar-refractivity contribution in [3.05, 3.63) is 106 Å². The number of para-hydroxylation sites is 1. The largest absolute Gasteiger partial charge is 0.367 e. The first-order valence-electron chi connectivity index (χ1n) is 11.5. The first kappa shape index (κ1) is 22.5. The summed E-state index contributed by atoms with van der Waals surface area (Å²) in [6.45, 7) is 4.36. The number of nitro groups is 1. The van der Waals surface area contributed by atoms with Gasteiger partial charge in [0.2, 0.25) is 0 Å². The molecule has 2 heterocycles. The van der Waals surface area contributed by atoms with E-state index in [-0.39, 0.29) is 11.6 Å². The van der Waals surface area contributed by atoms with E-state index in [2.05, 4.69) is 44.4 Å². The van der Waals surface area contributed by atoms with Crippen molar-refractivity contribution in [1.82, 2.24) is 9.88 Å². The lowest BCUT2D eigenvalue weighted by molar-refractivity contribution is -0.384. The summed E-state index contributed by atoms with van der Waals surface area (Å²) < 4.78 is 0. The highest BCUT2D eigenvalue weighted by atomic mass is 16.6. The number of non-ortho nitro benzene ring substituents is 1. The number of rotatable bonds is 6. The van der Waals surface area contributed by atoms with Crippen LogP contribution in [-0.2, 0) is 6.54 Å². The van der Waals surface area contributed by atoms with Crippen LogP contribution >= 0.6 is 0 Å². The second-order valence-corrected chi connectivity index (χ2v) is 8.54. The van der Waals surface area contributed by atoms with E-state index < -0.39 is 4.92 Å². The van der Waals surface area contributed by atoms with Crippen LogP contribution in [-0.4, -0.2) is 46.9 Å². The Morgan fingerprint density at radius 1 is 0.914 bits per heavy atom. The van der Waals surface area contributed by atoms with E-state index >= 15 is 0 Å². The Hall–Kier alpha value is -4.30. The monoisotopic (exact) mass is 467 g/mol. The number of nitrogens with zero attached hydrogens (tertiary/aromatic N) is 4. The van der Waals surface area contributed by atoms with Gasteiger partial charge < -0.3 is 10.2 Å². The Bertz CT molecular complexity index is 1350. The fourth-order valence-electron chi connectivity index (χ4n) is 4.46. The summed E-state index contributed by atoms with van der Waals surface area (Å²) >= 11 is 0. The average Bonchev–Trinajstić information content (AvgIpc) is 2.90. The number of benzene rings is 3. The third-order valence-corrected chi connectivity index (χ3v) is 6.27. The predicted molar refractivity (Wildman–Crippen MR) is 137 cm³/mol. The SMILES string of the molecule is O=C(Nc1cnc2ccccc2c1N1CCN(Cc2ccccc2)CC1)c1ccc([N+](=O)[O-])cc1. The van der Waals surface area contributed by atoms with Gasteiger partial charge in [-0.1, -0.05) is 48.5 Å². The van der Waals surface area contributed by atoms with Gasteiger partial charge >= 0.3 is 0 Å². The molecule has 35 heavy (non-hydrogen) atoms. The molecule has 0 aliphatic carbocycles. The van der Waals surface area contributed by atoms with Crippen LogP contribution in [0.3, 0.4) is 0 Å². The number of fused-ring (bicyclic) bond motifs is 1. The number of carbonyl (C=O) groups excluding carboxylic acids is 1. The first-order valence-corrected chi connectivity index (χ1v) is 11.5. The van der Waals surface area contributed by atoms with E-state index in [9.17, 15) is 14.9 Å². The standard InChI is InChI=1S/C27H25N5O3/c33-27(21-10-12-22(13-11-21)32(34)35)29-25-18-28-24-9-5-4-8-23(24)26(25)31-16-14-30(15-17-31)19-20-6-2-1-3-7-20/h1-13,18H,14-17,19H2,(H,29,33). The van der Waals surface area contributed by atoms with Crippen molar-refractivity contribution in [2.24, 2.45) is 0 Å². The summed E-state index contributed by atoms with van der Waals surface area (Å²) in [5.41, 5.74) is 4.04. The van der Waals surface area contributed by atoms with Gasteiger partial charge in [0.1, 0.15) is 0 Å². The van der Waals surface area contributed by atoms with Gasteiger partial charge in [-0.3, -0.25) is 24.8 Å². The molecule has 8 nitrogen and oxygen atoms in total. The molecule has 3 aromatic carbocycles. The first-order chi connectivity index (χ1) is 17.1. The Labute approximate surface area is 203 Å². The number of nitrogens with one attached hydrogen (secondary N) is 1. The van der Waals surface area contributed by atoms with E-state index in [1.54, 1.807) is 6.20 Å². The summed E-state index contributed by atoms with van der Waals surface area (Å²) in [6, 6.07) is 24.0. The normalized spacial score (nSPS) is 14.1. The van der Waals surface area contributed by atoms with Gasteiger partial charge in [0.15, 0.2) is 0 Å². The zero-order valence-corrected chi connectivity index (χ0v) is 19.1. The van der Waals surface area contributed by atoms with Crippen molar-refractivity contribution in [2.45, 2.75) is 6.54 Å². The van der Waals surface area contributed by atoms with Crippen LogP contribution in [0.4, 0.5) is 17.1 Å². The molecule has 0 radical (unpaired) electrons. The molecule has 0 atom stereocenters. The Kier molecular flexibility index (Phi) is 6.36. The molecule has 1 aliphatic rings. The van der Waals surface area contributed by atoms with Gasteiger partial charge in [-0.25, -0.2) is 0 Å². The number of anilines is 2. The van der Waals surface area contributed by atoms with Crippen molar-refractivity contribution in [3.8, 4) is 0 Å². The van der Waals surface area contributed by atoms with Crippen LogP contribution in [0.15, 0.2) is 85.1 Å². The second-order valence-electron chi connectivity index (χ2n) is 8.54. The zero-order valence-electron chi connectivity index (χ0n) is 19.1. The third-order valence-electron chi connectivity index (χ3n) is 6.27. The lowest BCUT2D eigenvalue weighted by atomic mass is 10.1. The number of pyridine rings is 1. The molecule has 1 N–H and O–H groups in total. The highest BCUT2D eigenvalue weighted by Crippen LogP contribution is 2.34. The molecule has 5 rings (SSSR count). The van der Waals surface area contributed by atoms with E-state index in [1.807, 2.05) is 30.3 Å². The molecule has 0 unspecified atom stereocenters. The number of piperazine rings is 1. The number of amides is 1. The molecule has 176 valence electrons. The van der Waals surface area contributed by atoms with Gasteiger partial charge in [0.05, 0.1) is 28.0 Å². The predicted octanol–water partition coefficient (Wildman–Crippen LogP) is 4.72. The lowest BCUT2D eigenvalue weighted by Crippen LogP contribution is -2.46. The molecule has 1 amide bonds. The topological polar surface area (TPSA) is 91.6 Å². The summed E-state index contributed by atoms with van der Waals surface area (Å²) in [5, 5.41) is 14.9. The number of hydrogen-bond donors (Lipinski definition) is 1. The second kappa shape index (κ2) is 9.90. The van der Waals surface area contributed by atoms with Crippen LogP contribution < -0.4 is 10.2 Å². The fourth-order valence-corrected chi connectivity index (χ4v) is 4.46. The van der Waals surface area contributed by atoms with Crippen molar-refractivity contribution in [2.75, 3.05) is 36.4 Å². The Morgan fingerprint density at radius 3 is 2.31 bits per heavy atom. The van der Waals surface area contributed by atoms with Gasteiger partial charge in [-0.2, -0.15) is 0 Å². The maximum Gasteiger partial charge on any atom is 0.269 e. The van der Waals surface area contributed by atoms with Crippen LogP contribution in [0.5, 0.6) is 0 Å². The summed E-state index contributed by atoms with van der Waals surface area (Å²) in [4.78, 5) is 32.7. The van der Waals surface area contributed by atoms with Gasteiger partial charge in [0, 0.05) is 55.8 Å². The van der Waals surface area contributed by atoms with Crippen molar-refractivity contribution in [3.63, 3.8) is 0 Å². The summed E-state index contributed by atoms with van der Waals surface area (Å²) in [5.74, 6) is -0.332. The van der Waals surface area contributed by atoms with E-state index in [0.717, 1.165) is 49.3 Å². The van der Waals surface area contributed by atoms with Crippen molar-refractivity contribution < 1.29 is 9.72 Å². The zero-order chi connectivity index (χ0) is 24.2. The van der Waals surface area contributed by atoms with Crippen LogP contribution in [0.2, 0.25) is 0 Å². The number of aromatic nitrogens is 1. The van der Waals surface area contributed by atoms with Gasteiger partial charge in [-0.15, -0.1) is 0 Å². The highest BCUT2D eigenvalue weighted by Gasteiger charge is 2.23. The minimum atomic E-state index is -0.482. The minimum Gasteiger partial charge on any atom is -0.367 e. The molecule has 1 aromatic heterocycles. The van der Waals surface area contributed by atoms with Crippen LogP contribution in [0.25, 0.3) is 10.9 Å². The number of hydrogen-bond acceptors (Lipinski definition) is 6. The quantitative estimate of drug-likeness (QED) is 0.326. The maximum atomic E-state index is 13.0. The van der Waals surface area contributed by atoms with E-state index in [0.29, 0.717) is 11.3 Å². The maximum absolute atomic E-state index is 13.0. The molecule has 1 aliphatic heterocycles. The van der Waals surface area contributed by atoms with E-state index in [1.165, 1.54) is 29.8 Å². The summed E-state index contributed by atoms with van der Waals surface area (Å²) in [7, 11) is 0. The van der Waals surface area contributed by atoms with Crippen molar-refractivity contribution in [1.29, 1.82) is 0 Å².